The van der Waals surface area contributed by atoms with E-state index in [-0.39, 0.29) is 39.6 Å². The average Bonchev–Trinajstić information content (AvgIpc) is 3.22. The van der Waals surface area contributed by atoms with Gasteiger partial charge in [0.1, 0.15) is 5.78 Å². The number of aliphatic hydroxyl groups excluding tert-OH is 1. The second kappa shape index (κ2) is 8.42. The molecule has 1 amide bonds. The van der Waals surface area contributed by atoms with Gasteiger partial charge in [-0.05, 0) is 111 Å². The summed E-state index contributed by atoms with van der Waals surface area (Å²) in [4.78, 5) is 26.7. The predicted octanol–water partition coefficient (Wildman–Crippen LogP) is 6.32. The van der Waals surface area contributed by atoms with Crippen LogP contribution in [0.1, 0.15) is 106 Å². The van der Waals surface area contributed by atoms with Gasteiger partial charge in [-0.3, -0.25) is 9.59 Å². The van der Waals surface area contributed by atoms with Crippen LogP contribution in [0.25, 0.3) is 0 Å². The Hall–Kier alpha value is -1.16. The molecular formula is C32H51NO3. The highest BCUT2D eigenvalue weighted by Gasteiger charge is 2.71. The molecule has 4 heteroatoms. The summed E-state index contributed by atoms with van der Waals surface area (Å²) in [7, 11) is 0. The van der Waals surface area contributed by atoms with Crippen molar-refractivity contribution in [2.24, 2.45) is 56.7 Å². The van der Waals surface area contributed by atoms with Crippen molar-refractivity contribution in [1.29, 1.82) is 0 Å². The molecule has 202 valence electrons. The zero-order valence-corrected chi connectivity index (χ0v) is 23.8. The fourth-order valence-corrected chi connectivity index (χ4v) is 11.7. The summed E-state index contributed by atoms with van der Waals surface area (Å²) in [5.41, 5.74) is 1.36. The summed E-state index contributed by atoms with van der Waals surface area (Å²) < 4.78 is 0. The van der Waals surface area contributed by atoms with Gasteiger partial charge in [-0.15, -0.1) is 0 Å². The second-order valence-electron chi connectivity index (χ2n) is 15.0. The predicted molar refractivity (Wildman–Crippen MR) is 144 cm³/mol. The minimum Gasteiger partial charge on any atom is -0.395 e. The van der Waals surface area contributed by atoms with Crippen LogP contribution >= 0.6 is 0 Å². The number of amides is 1. The Kier molecular flexibility index (Phi) is 6.18. The smallest absolute Gasteiger partial charge is 0.226 e. The molecule has 0 aliphatic heterocycles. The summed E-state index contributed by atoms with van der Waals surface area (Å²) in [5, 5.41) is 12.5. The highest BCUT2D eigenvalue weighted by Crippen LogP contribution is 2.77. The normalized spacial score (nSPS) is 49.3. The van der Waals surface area contributed by atoms with Crippen molar-refractivity contribution in [3.63, 3.8) is 0 Å². The molecule has 5 rings (SSSR count). The van der Waals surface area contributed by atoms with Crippen LogP contribution in [0.5, 0.6) is 0 Å². The second-order valence-corrected chi connectivity index (χ2v) is 15.0. The molecule has 5 saturated carbocycles. The monoisotopic (exact) mass is 497 g/mol. The third-order valence-electron chi connectivity index (χ3n) is 13.7. The van der Waals surface area contributed by atoms with E-state index < -0.39 is 0 Å². The van der Waals surface area contributed by atoms with E-state index >= 15 is 0 Å². The highest BCUT2D eigenvalue weighted by molar-refractivity contribution is 5.85. The lowest BCUT2D eigenvalue weighted by Gasteiger charge is -2.72. The van der Waals surface area contributed by atoms with E-state index in [0.29, 0.717) is 41.9 Å². The van der Waals surface area contributed by atoms with Crippen LogP contribution < -0.4 is 5.32 Å². The summed E-state index contributed by atoms with van der Waals surface area (Å²) in [5.74, 6) is 3.05. The van der Waals surface area contributed by atoms with E-state index in [0.717, 1.165) is 44.9 Å². The lowest BCUT2D eigenvalue weighted by Crippen LogP contribution is -2.67. The fraction of sp³-hybridized carbons (Fsp3) is 0.875. The van der Waals surface area contributed by atoms with Crippen LogP contribution in [-0.4, -0.2) is 29.9 Å². The molecule has 0 spiro atoms. The first-order chi connectivity index (χ1) is 16.8. The van der Waals surface area contributed by atoms with Crippen molar-refractivity contribution in [3.8, 4) is 0 Å². The SMILES string of the molecule is C=C(C)[C@@H]1CC[C@]2(C(=O)NCCO)CC[C@@]3(C)C(CC[C@@H]4[C@@]5(C)CCC(=O)C(C)(C)C5CC[C@]43C)C12. The van der Waals surface area contributed by atoms with Gasteiger partial charge in [0, 0.05) is 18.4 Å². The summed E-state index contributed by atoms with van der Waals surface area (Å²) in [6, 6.07) is 0. The van der Waals surface area contributed by atoms with E-state index in [1.54, 1.807) is 0 Å². The molecule has 0 bridgehead atoms. The Balaban J connectivity index is 1.54. The largest absolute Gasteiger partial charge is 0.395 e. The Morgan fingerprint density at radius 3 is 2.33 bits per heavy atom. The number of hydrogen-bond donors (Lipinski definition) is 2. The van der Waals surface area contributed by atoms with Crippen molar-refractivity contribution in [3.05, 3.63) is 12.2 Å². The van der Waals surface area contributed by atoms with Crippen molar-refractivity contribution in [2.45, 2.75) is 106 Å². The first-order valence-corrected chi connectivity index (χ1v) is 14.9. The molecule has 3 unspecified atom stereocenters. The molecule has 5 fully saturated rings. The highest BCUT2D eigenvalue weighted by atomic mass is 16.3. The number of allylic oxidation sites excluding steroid dienone is 1. The molecule has 0 aromatic rings. The number of nitrogens with one attached hydrogen (secondary N) is 1. The van der Waals surface area contributed by atoms with Crippen molar-refractivity contribution in [2.75, 3.05) is 13.2 Å². The number of aliphatic hydroxyl groups is 1. The molecule has 2 N–H and O–H groups in total. The molecule has 4 nitrogen and oxygen atoms in total. The van der Waals surface area contributed by atoms with Gasteiger partial charge in [-0.25, -0.2) is 0 Å². The number of Topliss-reactive ketones (excluding diaryl/α,β-unsaturated/α-hetero) is 1. The summed E-state index contributed by atoms with van der Waals surface area (Å²) in [6.45, 7) is 19.1. The van der Waals surface area contributed by atoms with Gasteiger partial charge >= 0.3 is 0 Å². The number of carbonyl (C=O) groups is 2. The number of carbonyl (C=O) groups excluding carboxylic acids is 2. The lowest BCUT2D eigenvalue weighted by atomic mass is 9.32. The van der Waals surface area contributed by atoms with Crippen molar-refractivity contribution < 1.29 is 14.7 Å². The van der Waals surface area contributed by atoms with Gasteiger partial charge in [-0.2, -0.15) is 0 Å². The molecule has 5 aliphatic rings. The molecule has 0 aromatic heterocycles. The van der Waals surface area contributed by atoms with E-state index in [9.17, 15) is 14.7 Å². The zero-order valence-electron chi connectivity index (χ0n) is 23.8. The third-order valence-corrected chi connectivity index (χ3v) is 13.7. The van der Waals surface area contributed by atoms with E-state index in [4.69, 9.17) is 0 Å². The molecule has 0 heterocycles. The van der Waals surface area contributed by atoms with Crippen LogP contribution in [-0.2, 0) is 9.59 Å². The van der Waals surface area contributed by atoms with E-state index in [1.807, 2.05) is 0 Å². The van der Waals surface area contributed by atoms with Gasteiger partial charge in [0.05, 0.1) is 12.0 Å². The van der Waals surface area contributed by atoms with Gasteiger partial charge in [0.25, 0.3) is 0 Å². The maximum absolute atomic E-state index is 13.7. The van der Waals surface area contributed by atoms with E-state index in [1.165, 1.54) is 24.8 Å². The number of hydrogen-bond acceptors (Lipinski definition) is 3. The topological polar surface area (TPSA) is 66.4 Å². The number of rotatable bonds is 4. The molecule has 5 aliphatic carbocycles. The Morgan fingerprint density at radius 1 is 0.944 bits per heavy atom. The molecule has 36 heavy (non-hydrogen) atoms. The Labute approximate surface area is 219 Å². The van der Waals surface area contributed by atoms with Gasteiger partial charge in [-0.1, -0.05) is 46.8 Å². The Bertz CT molecular complexity index is 955. The van der Waals surface area contributed by atoms with Crippen LogP contribution in [0.2, 0.25) is 0 Å². The summed E-state index contributed by atoms with van der Waals surface area (Å²) in [6.07, 6.45) is 10.6. The van der Waals surface area contributed by atoms with Crippen molar-refractivity contribution in [1.82, 2.24) is 5.32 Å². The maximum atomic E-state index is 13.7. The standard InChI is InChI=1S/C32H51NO3/c1-20(2)21-10-15-32(27(36)33-18-19-34)17-16-30(6)22(26(21)32)8-9-24-29(5)13-12-25(35)28(3,4)23(29)11-14-31(24,30)7/h21-24,26,34H,1,8-19H2,2-7H3,(H,33,36)/t21-,22?,23?,24+,26?,29-,30-,31+,32-/m0/s1. The minimum atomic E-state index is -0.313. The zero-order chi connectivity index (χ0) is 26.3. The lowest BCUT2D eigenvalue weighted by molar-refractivity contribution is -0.233. The molecule has 9 atom stereocenters. The van der Waals surface area contributed by atoms with Gasteiger partial charge in [0.2, 0.25) is 5.91 Å². The number of ketones is 1. The molecular weight excluding hydrogens is 446 g/mol. The van der Waals surface area contributed by atoms with Crippen LogP contribution in [0.15, 0.2) is 12.2 Å². The van der Waals surface area contributed by atoms with Crippen LogP contribution in [0.4, 0.5) is 0 Å². The Morgan fingerprint density at radius 2 is 1.67 bits per heavy atom. The first-order valence-electron chi connectivity index (χ1n) is 14.9. The van der Waals surface area contributed by atoms with Crippen LogP contribution in [0, 0.1) is 56.7 Å². The van der Waals surface area contributed by atoms with Crippen molar-refractivity contribution >= 4 is 11.7 Å². The first kappa shape index (κ1) is 26.4. The molecule has 0 saturated heterocycles. The van der Waals surface area contributed by atoms with Gasteiger partial charge in [0.15, 0.2) is 0 Å². The number of fused-ring (bicyclic) bond motifs is 7. The maximum Gasteiger partial charge on any atom is 0.226 e. The quantitative estimate of drug-likeness (QED) is 0.447. The molecule has 0 aromatic carbocycles. The van der Waals surface area contributed by atoms with Gasteiger partial charge < -0.3 is 10.4 Å². The third kappa shape index (κ3) is 3.21. The molecule has 0 radical (unpaired) electrons. The van der Waals surface area contributed by atoms with Crippen LogP contribution in [0.3, 0.4) is 0 Å². The summed E-state index contributed by atoms with van der Waals surface area (Å²) >= 11 is 0. The fourth-order valence-electron chi connectivity index (χ4n) is 11.7. The average molecular weight is 498 g/mol. The minimum absolute atomic E-state index is 0.00407. The van der Waals surface area contributed by atoms with E-state index in [2.05, 4.69) is 53.4 Å².